The van der Waals surface area contributed by atoms with Gasteiger partial charge in [0.05, 0.1) is 11.6 Å². The number of rotatable bonds is 3. The van der Waals surface area contributed by atoms with E-state index in [1.807, 2.05) is 0 Å². The molecule has 0 radical (unpaired) electrons. The summed E-state index contributed by atoms with van der Waals surface area (Å²) in [5.74, 6) is -3.74. The van der Waals surface area contributed by atoms with E-state index in [1.165, 1.54) is 0 Å². The first-order chi connectivity index (χ1) is 13.5. The van der Waals surface area contributed by atoms with Crippen molar-refractivity contribution in [1.82, 2.24) is 20.3 Å². The lowest BCUT2D eigenvalue weighted by Gasteiger charge is -2.30. The van der Waals surface area contributed by atoms with Crippen LogP contribution in [0.2, 0.25) is 0 Å². The van der Waals surface area contributed by atoms with Gasteiger partial charge in [0.1, 0.15) is 5.82 Å². The number of carbonyl (C=O) groups excluding carboxylic acids is 1. The Morgan fingerprint density at radius 2 is 1.86 bits per heavy atom. The van der Waals surface area contributed by atoms with Crippen molar-refractivity contribution in [2.45, 2.75) is 44.1 Å². The number of amides is 1. The van der Waals surface area contributed by atoms with Crippen LogP contribution in [0.5, 0.6) is 0 Å². The van der Waals surface area contributed by atoms with E-state index < -0.39 is 53.8 Å². The number of aromatic nitrogens is 3. The van der Waals surface area contributed by atoms with Gasteiger partial charge in [-0.05, 0) is 37.5 Å². The minimum absolute atomic E-state index is 0.0978. The molecule has 1 fully saturated rings. The van der Waals surface area contributed by atoms with Crippen LogP contribution in [0, 0.1) is 11.7 Å². The Morgan fingerprint density at radius 3 is 2.48 bits per heavy atom. The Hall–Kier alpha value is -2.66. The Kier molecular flexibility index (Phi) is 5.54. The maximum Gasteiger partial charge on any atom is 0.435 e. The highest BCUT2D eigenvalue weighted by atomic mass is 19.4. The molecule has 1 aromatic carbocycles. The van der Waals surface area contributed by atoms with E-state index in [0.29, 0.717) is 0 Å². The molecule has 0 bridgehead atoms. The molecular weight excluding hydrogens is 409 g/mol. The second-order valence-corrected chi connectivity index (χ2v) is 6.75. The van der Waals surface area contributed by atoms with E-state index in [-0.39, 0.29) is 29.6 Å². The molecule has 0 aliphatic heterocycles. The van der Waals surface area contributed by atoms with Crippen LogP contribution in [-0.4, -0.2) is 33.1 Å². The largest absolute Gasteiger partial charge is 0.435 e. The summed E-state index contributed by atoms with van der Waals surface area (Å²) in [5, 5.41) is 8.76. The van der Waals surface area contributed by atoms with Crippen molar-refractivity contribution in [3.63, 3.8) is 0 Å². The molecule has 1 N–H and O–H groups in total. The topological polar surface area (TPSA) is 59.8 Å². The van der Waals surface area contributed by atoms with Gasteiger partial charge in [0.25, 0.3) is 5.91 Å². The number of hydrogen-bond donors (Lipinski definition) is 1. The number of benzene rings is 1. The van der Waals surface area contributed by atoms with E-state index >= 15 is 0 Å². The first-order valence-corrected chi connectivity index (χ1v) is 8.63. The van der Waals surface area contributed by atoms with Gasteiger partial charge in [-0.15, -0.1) is 5.10 Å². The highest BCUT2D eigenvalue weighted by molar-refractivity contribution is 5.93. The Bertz CT molecular complexity index is 891. The fourth-order valence-electron chi connectivity index (χ4n) is 3.35. The lowest BCUT2D eigenvalue weighted by atomic mass is 9.85. The third kappa shape index (κ3) is 4.67. The minimum atomic E-state index is -5.07. The van der Waals surface area contributed by atoms with Crippen molar-refractivity contribution in [3.05, 3.63) is 41.5 Å². The molecule has 3 rings (SSSR count). The zero-order chi connectivity index (χ0) is 21.4. The molecule has 158 valence electrons. The molecular formula is C17H15F7N4O. The number of alkyl halides is 6. The van der Waals surface area contributed by atoms with Crippen LogP contribution in [0.25, 0.3) is 5.69 Å². The van der Waals surface area contributed by atoms with Gasteiger partial charge in [0.2, 0.25) is 0 Å². The van der Waals surface area contributed by atoms with E-state index in [0.717, 1.165) is 24.3 Å². The van der Waals surface area contributed by atoms with Crippen LogP contribution in [0.4, 0.5) is 30.7 Å². The second kappa shape index (κ2) is 7.64. The van der Waals surface area contributed by atoms with Crippen LogP contribution < -0.4 is 5.32 Å². The summed E-state index contributed by atoms with van der Waals surface area (Å²) in [7, 11) is 0. The number of nitrogens with one attached hydrogen (secondary N) is 1. The maximum atomic E-state index is 13.6. The van der Waals surface area contributed by atoms with Crippen molar-refractivity contribution >= 4 is 5.91 Å². The second-order valence-electron chi connectivity index (χ2n) is 6.75. The summed E-state index contributed by atoms with van der Waals surface area (Å²) in [5.41, 5.74) is -2.93. The summed E-state index contributed by atoms with van der Waals surface area (Å²) in [4.78, 5) is 12.4. The lowest BCUT2D eigenvalue weighted by molar-refractivity contribution is -0.183. The van der Waals surface area contributed by atoms with E-state index in [2.05, 4.69) is 15.6 Å². The predicted octanol–water partition coefficient (Wildman–Crippen LogP) is 4.28. The zero-order valence-corrected chi connectivity index (χ0v) is 14.7. The Labute approximate surface area is 159 Å². The van der Waals surface area contributed by atoms with Crippen molar-refractivity contribution in [2.24, 2.45) is 5.92 Å². The van der Waals surface area contributed by atoms with Gasteiger partial charge in [-0.3, -0.25) is 4.79 Å². The molecule has 2 atom stereocenters. The van der Waals surface area contributed by atoms with Crippen LogP contribution in [-0.2, 0) is 6.18 Å². The SMILES string of the molecule is O=C(NC1CCCC(C(F)(F)F)C1)c1nnn(-c2cccc(F)c2)c1C(F)(F)F. The Morgan fingerprint density at radius 1 is 1.14 bits per heavy atom. The summed E-state index contributed by atoms with van der Waals surface area (Å²) in [6.07, 6.45) is -9.65. The van der Waals surface area contributed by atoms with E-state index in [9.17, 15) is 35.5 Å². The van der Waals surface area contributed by atoms with E-state index in [1.54, 1.807) is 0 Å². The maximum absolute atomic E-state index is 13.6. The van der Waals surface area contributed by atoms with Crippen LogP contribution in [0.3, 0.4) is 0 Å². The molecule has 1 aliphatic rings. The Balaban J connectivity index is 1.88. The van der Waals surface area contributed by atoms with Crippen molar-refractivity contribution in [1.29, 1.82) is 0 Å². The smallest absolute Gasteiger partial charge is 0.348 e. The van der Waals surface area contributed by atoms with Crippen LogP contribution in [0.15, 0.2) is 24.3 Å². The summed E-state index contributed by atoms with van der Waals surface area (Å²) in [6, 6.07) is 3.15. The van der Waals surface area contributed by atoms with Crippen LogP contribution in [0.1, 0.15) is 41.9 Å². The van der Waals surface area contributed by atoms with Gasteiger partial charge >= 0.3 is 12.4 Å². The summed E-state index contributed by atoms with van der Waals surface area (Å²) >= 11 is 0. The molecule has 2 unspecified atom stereocenters. The number of nitrogens with zero attached hydrogens (tertiary/aromatic N) is 3. The molecule has 12 heteroatoms. The van der Waals surface area contributed by atoms with E-state index in [4.69, 9.17) is 0 Å². The molecule has 1 heterocycles. The normalized spacial score (nSPS) is 20.5. The first kappa shape index (κ1) is 21.1. The monoisotopic (exact) mass is 424 g/mol. The molecule has 1 aliphatic carbocycles. The quantitative estimate of drug-likeness (QED) is 0.749. The zero-order valence-electron chi connectivity index (χ0n) is 14.7. The number of halogens is 7. The van der Waals surface area contributed by atoms with Crippen molar-refractivity contribution in [3.8, 4) is 5.69 Å². The fraction of sp³-hybridized carbons (Fsp3) is 0.471. The van der Waals surface area contributed by atoms with Gasteiger partial charge in [-0.25, -0.2) is 9.07 Å². The highest BCUT2D eigenvalue weighted by Gasteiger charge is 2.44. The molecule has 0 saturated heterocycles. The van der Waals surface area contributed by atoms with Gasteiger partial charge in [0.15, 0.2) is 11.4 Å². The number of carbonyl (C=O) groups is 1. The summed E-state index contributed by atoms with van der Waals surface area (Å²) < 4.78 is 93.0. The minimum Gasteiger partial charge on any atom is -0.348 e. The van der Waals surface area contributed by atoms with Crippen LogP contribution >= 0.6 is 0 Å². The fourth-order valence-corrected chi connectivity index (χ4v) is 3.35. The molecule has 5 nitrogen and oxygen atoms in total. The first-order valence-electron chi connectivity index (χ1n) is 8.63. The van der Waals surface area contributed by atoms with Crippen molar-refractivity contribution < 1.29 is 35.5 Å². The molecule has 2 aromatic rings. The third-order valence-electron chi connectivity index (χ3n) is 4.68. The van der Waals surface area contributed by atoms with Gasteiger partial charge in [-0.1, -0.05) is 17.7 Å². The molecule has 1 amide bonds. The van der Waals surface area contributed by atoms with Gasteiger partial charge < -0.3 is 5.32 Å². The average molecular weight is 424 g/mol. The standard InChI is InChI=1S/C17H15F7N4O/c18-10-4-2-6-12(8-10)28-14(17(22,23)24)13(26-27-28)15(29)25-11-5-1-3-9(7-11)16(19,20)21/h2,4,6,8-9,11H,1,3,5,7H2,(H,25,29). The van der Waals surface area contributed by atoms with Gasteiger partial charge in [-0.2, -0.15) is 26.3 Å². The third-order valence-corrected chi connectivity index (χ3v) is 4.68. The molecule has 0 spiro atoms. The molecule has 29 heavy (non-hydrogen) atoms. The highest BCUT2D eigenvalue weighted by Crippen LogP contribution is 2.38. The molecule has 1 aromatic heterocycles. The average Bonchev–Trinajstić information content (AvgIpc) is 3.07. The van der Waals surface area contributed by atoms with Crippen molar-refractivity contribution in [2.75, 3.05) is 0 Å². The van der Waals surface area contributed by atoms with Gasteiger partial charge in [0, 0.05) is 6.04 Å². The predicted molar refractivity (Wildman–Crippen MR) is 85.6 cm³/mol. The lowest BCUT2D eigenvalue weighted by Crippen LogP contribution is -2.42. The molecule has 1 saturated carbocycles. The number of hydrogen-bond acceptors (Lipinski definition) is 3. The summed E-state index contributed by atoms with van der Waals surface area (Å²) in [6.45, 7) is 0.